The van der Waals surface area contributed by atoms with Gasteiger partial charge in [0.25, 0.3) is 0 Å². The minimum atomic E-state index is 0. The second kappa shape index (κ2) is 6.65. The van der Waals surface area contributed by atoms with Crippen molar-refractivity contribution in [1.82, 2.24) is 10.2 Å². The number of thiophene rings is 1. The Morgan fingerprint density at radius 1 is 1.36 bits per heavy atom. The molecule has 4 nitrogen and oxygen atoms in total. The lowest BCUT2D eigenvalue weighted by atomic mass is 9.82. The lowest BCUT2D eigenvalue weighted by molar-refractivity contribution is 0.0767. The third kappa shape index (κ3) is 2.78. The van der Waals surface area contributed by atoms with Gasteiger partial charge in [-0.2, -0.15) is 0 Å². The first-order chi connectivity index (χ1) is 10.3. The van der Waals surface area contributed by atoms with E-state index in [1.807, 2.05) is 18.4 Å². The number of guanidine groups is 1. The Morgan fingerprint density at radius 3 is 2.59 bits per heavy atom. The van der Waals surface area contributed by atoms with Crippen molar-refractivity contribution in [3.63, 3.8) is 0 Å². The van der Waals surface area contributed by atoms with Crippen molar-refractivity contribution in [3.05, 3.63) is 21.9 Å². The van der Waals surface area contributed by atoms with Gasteiger partial charge in [0.15, 0.2) is 5.96 Å². The maximum absolute atomic E-state index is 6.05. The standard InChI is InChI=1S/C16H23N3OS.HI/c1-10-5-6-21-15(10)7-18-16(17-2)19-8-11-12(9-19)14-4-3-13(11)20-14;/h5-6,11-14H,3-4,7-9H2,1-2H3,(H,17,18);1H. The van der Waals surface area contributed by atoms with Gasteiger partial charge in [0.2, 0.25) is 0 Å². The first-order valence-corrected chi connectivity index (χ1v) is 8.78. The summed E-state index contributed by atoms with van der Waals surface area (Å²) in [4.78, 5) is 8.33. The summed E-state index contributed by atoms with van der Waals surface area (Å²) < 4.78 is 6.05. The Kier molecular flexibility index (Phi) is 4.99. The summed E-state index contributed by atoms with van der Waals surface area (Å²) in [5.41, 5.74) is 1.37. The number of rotatable bonds is 2. The van der Waals surface area contributed by atoms with E-state index < -0.39 is 0 Å². The Bertz CT molecular complexity index is 543. The van der Waals surface area contributed by atoms with Crippen LogP contribution in [0.5, 0.6) is 0 Å². The number of fused-ring (bicyclic) bond motifs is 5. The molecule has 22 heavy (non-hydrogen) atoms. The van der Waals surface area contributed by atoms with E-state index in [1.165, 1.54) is 23.3 Å². The minimum absolute atomic E-state index is 0. The molecule has 0 spiro atoms. The number of aryl methyl sites for hydroxylation is 1. The number of ether oxygens (including phenoxy) is 1. The van der Waals surface area contributed by atoms with E-state index in [0.29, 0.717) is 12.2 Å². The maximum Gasteiger partial charge on any atom is 0.193 e. The van der Waals surface area contributed by atoms with Gasteiger partial charge in [0.05, 0.1) is 18.8 Å². The molecular weight excluding hydrogens is 409 g/mol. The van der Waals surface area contributed by atoms with Gasteiger partial charge < -0.3 is 15.0 Å². The number of likely N-dealkylation sites (tertiary alicyclic amines) is 1. The van der Waals surface area contributed by atoms with Crippen LogP contribution in [-0.4, -0.2) is 43.2 Å². The molecule has 4 heterocycles. The first-order valence-electron chi connectivity index (χ1n) is 7.90. The third-order valence-electron chi connectivity index (χ3n) is 5.34. The maximum atomic E-state index is 6.05. The number of aliphatic imine (C=N–C) groups is 1. The molecule has 4 unspecified atom stereocenters. The summed E-state index contributed by atoms with van der Waals surface area (Å²) in [6.07, 6.45) is 3.56. The largest absolute Gasteiger partial charge is 0.374 e. The van der Waals surface area contributed by atoms with Crippen molar-refractivity contribution < 1.29 is 4.74 Å². The molecule has 6 heteroatoms. The van der Waals surface area contributed by atoms with Crippen molar-refractivity contribution in [2.75, 3.05) is 20.1 Å². The van der Waals surface area contributed by atoms with Crippen molar-refractivity contribution in [1.29, 1.82) is 0 Å². The van der Waals surface area contributed by atoms with Crippen LogP contribution in [0.2, 0.25) is 0 Å². The van der Waals surface area contributed by atoms with Gasteiger partial charge in [-0.15, -0.1) is 35.3 Å². The van der Waals surface area contributed by atoms with Crippen molar-refractivity contribution >= 4 is 41.3 Å². The fraction of sp³-hybridized carbons (Fsp3) is 0.688. The van der Waals surface area contributed by atoms with Gasteiger partial charge in [-0.05, 0) is 36.8 Å². The summed E-state index contributed by atoms with van der Waals surface area (Å²) in [6, 6.07) is 2.18. The molecule has 2 bridgehead atoms. The van der Waals surface area contributed by atoms with Crippen LogP contribution < -0.4 is 5.32 Å². The molecule has 122 valence electrons. The first kappa shape index (κ1) is 16.5. The Labute approximate surface area is 153 Å². The van der Waals surface area contributed by atoms with Crippen LogP contribution in [0, 0.1) is 18.8 Å². The summed E-state index contributed by atoms with van der Waals surface area (Å²) in [5.74, 6) is 2.51. The summed E-state index contributed by atoms with van der Waals surface area (Å²) >= 11 is 1.82. The second-order valence-corrected chi connectivity index (χ2v) is 7.45. The molecule has 1 aromatic rings. The lowest BCUT2D eigenvalue weighted by Gasteiger charge is -2.23. The monoisotopic (exact) mass is 433 g/mol. The normalized spacial score (nSPS) is 33.0. The van der Waals surface area contributed by atoms with Gasteiger partial charge in [0.1, 0.15) is 0 Å². The number of hydrogen-bond acceptors (Lipinski definition) is 3. The highest BCUT2D eigenvalue weighted by molar-refractivity contribution is 14.0. The molecule has 3 aliphatic heterocycles. The number of nitrogens with one attached hydrogen (secondary N) is 1. The highest BCUT2D eigenvalue weighted by atomic mass is 127. The SMILES string of the molecule is CN=C(NCc1sccc1C)N1CC2C3CCC(O3)C2C1.I. The zero-order valence-electron chi connectivity index (χ0n) is 13.1. The van der Waals surface area contributed by atoms with Crippen LogP contribution in [0.25, 0.3) is 0 Å². The van der Waals surface area contributed by atoms with Crippen molar-refractivity contribution in [3.8, 4) is 0 Å². The average molecular weight is 433 g/mol. The van der Waals surface area contributed by atoms with E-state index >= 15 is 0 Å². The predicted molar refractivity (Wildman–Crippen MR) is 101 cm³/mol. The molecule has 3 saturated heterocycles. The summed E-state index contributed by atoms with van der Waals surface area (Å²) in [7, 11) is 1.89. The molecule has 1 aromatic heterocycles. The van der Waals surface area contributed by atoms with E-state index in [0.717, 1.165) is 37.4 Å². The smallest absolute Gasteiger partial charge is 0.193 e. The van der Waals surface area contributed by atoms with Gasteiger partial charge in [-0.3, -0.25) is 4.99 Å². The van der Waals surface area contributed by atoms with Crippen molar-refractivity contribution in [2.45, 2.75) is 38.5 Å². The van der Waals surface area contributed by atoms with E-state index in [-0.39, 0.29) is 24.0 Å². The van der Waals surface area contributed by atoms with Gasteiger partial charge in [-0.1, -0.05) is 0 Å². The predicted octanol–water partition coefficient (Wildman–Crippen LogP) is 2.86. The Hall–Kier alpha value is -0.340. The number of hydrogen-bond donors (Lipinski definition) is 1. The Balaban J connectivity index is 0.00000144. The highest BCUT2D eigenvalue weighted by Crippen LogP contribution is 2.47. The second-order valence-electron chi connectivity index (χ2n) is 6.45. The van der Waals surface area contributed by atoms with E-state index in [4.69, 9.17) is 4.74 Å². The molecule has 4 rings (SSSR count). The lowest BCUT2D eigenvalue weighted by Crippen LogP contribution is -2.40. The van der Waals surface area contributed by atoms with Gasteiger partial charge in [-0.25, -0.2) is 0 Å². The molecule has 1 N–H and O–H groups in total. The molecular formula is C16H24IN3OS. The van der Waals surface area contributed by atoms with Crippen LogP contribution in [0.1, 0.15) is 23.3 Å². The fourth-order valence-electron chi connectivity index (χ4n) is 4.21. The van der Waals surface area contributed by atoms with Crippen LogP contribution in [-0.2, 0) is 11.3 Å². The number of halogens is 1. The molecule has 0 aromatic carbocycles. The molecule has 0 saturated carbocycles. The molecule has 4 atom stereocenters. The fourth-order valence-corrected chi connectivity index (χ4v) is 5.06. The highest BCUT2D eigenvalue weighted by Gasteiger charge is 2.53. The van der Waals surface area contributed by atoms with Crippen molar-refractivity contribution in [2.24, 2.45) is 16.8 Å². The molecule has 0 amide bonds. The molecule has 3 fully saturated rings. The molecule has 3 aliphatic rings. The average Bonchev–Trinajstić information content (AvgIpc) is 3.20. The van der Waals surface area contributed by atoms with Crippen LogP contribution in [0.15, 0.2) is 16.4 Å². The zero-order chi connectivity index (χ0) is 14.4. The van der Waals surface area contributed by atoms with E-state index in [1.54, 1.807) is 0 Å². The summed E-state index contributed by atoms with van der Waals surface area (Å²) in [6.45, 7) is 5.26. The van der Waals surface area contributed by atoms with Crippen LogP contribution in [0.4, 0.5) is 0 Å². The Morgan fingerprint density at radius 2 is 2.05 bits per heavy atom. The number of nitrogens with zero attached hydrogens (tertiary/aromatic N) is 2. The van der Waals surface area contributed by atoms with Crippen LogP contribution in [0.3, 0.4) is 0 Å². The minimum Gasteiger partial charge on any atom is -0.374 e. The van der Waals surface area contributed by atoms with E-state index in [9.17, 15) is 0 Å². The zero-order valence-corrected chi connectivity index (χ0v) is 16.3. The van der Waals surface area contributed by atoms with Gasteiger partial charge >= 0.3 is 0 Å². The molecule has 0 aliphatic carbocycles. The van der Waals surface area contributed by atoms with Crippen LogP contribution >= 0.6 is 35.3 Å². The third-order valence-corrected chi connectivity index (χ3v) is 6.36. The molecule has 0 radical (unpaired) electrons. The summed E-state index contributed by atoms with van der Waals surface area (Å²) in [5, 5.41) is 5.70. The quantitative estimate of drug-likeness (QED) is 0.443. The topological polar surface area (TPSA) is 36.9 Å². The van der Waals surface area contributed by atoms with Gasteiger partial charge in [0, 0.05) is 36.9 Å². The van der Waals surface area contributed by atoms with E-state index in [2.05, 4.69) is 33.6 Å².